The van der Waals surface area contributed by atoms with Gasteiger partial charge in [0.05, 0.1) is 33.1 Å². The Labute approximate surface area is 368 Å². The summed E-state index contributed by atoms with van der Waals surface area (Å²) < 4.78 is 9.51. The smallest absolute Gasteiger partial charge is 0.168 e. The summed E-state index contributed by atoms with van der Waals surface area (Å²) in [6, 6.07) is 71.8. The minimum Gasteiger partial charge on any atom is -0.455 e. The lowest BCUT2D eigenvalue weighted by molar-refractivity contribution is 0.669. The van der Waals surface area contributed by atoms with Crippen molar-refractivity contribution in [2.45, 2.75) is 12.3 Å². The molecule has 14 rings (SSSR count). The highest BCUT2D eigenvalue weighted by Crippen LogP contribution is 2.64. The van der Waals surface area contributed by atoms with Crippen LogP contribution in [0.25, 0.3) is 106 Å². The molecule has 0 N–H and O–H groups in total. The van der Waals surface area contributed by atoms with Gasteiger partial charge in [0, 0.05) is 27.3 Å². The fourth-order valence-electron chi connectivity index (χ4n) is 11.3. The third-order valence-electron chi connectivity index (χ3n) is 13.8. The maximum Gasteiger partial charge on any atom is 0.168 e. The third kappa shape index (κ3) is 4.60. The molecule has 1 spiro atoms. The molecule has 12 aromatic rings. The number of benzene rings is 9. The van der Waals surface area contributed by atoms with Gasteiger partial charge in [0.25, 0.3) is 0 Å². The first kappa shape index (κ1) is 35.2. The Morgan fingerprint density at radius 3 is 1.59 bits per heavy atom. The third-order valence-corrected chi connectivity index (χ3v) is 13.8. The highest BCUT2D eigenvalue weighted by atomic mass is 16.3. The van der Waals surface area contributed by atoms with Crippen LogP contribution in [0, 0.1) is 6.92 Å². The number of hydrogen-bond acceptors (Lipinski definition) is 4. The lowest BCUT2D eigenvalue weighted by Gasteiger charge is -2.31. The Kier molecular flexibility index (Phi) is 7.18. The number of furan rings is 1. The molecule has 0 radical (unpaired) electrons. The molecule has 0 fully saturated rings. The summed E-state index contributed by atoms with van der Waals surface area (Å²) in [6.07, 6.45) is 0. The van der Waals surface area contributed by atoms with Gasteiger partial charge in [-0.15, -0.1) is 0 Å². The number of fused-ring (bicyclic) bond motifs is 17. The molecule has 3 heterocycles. The van der Waals surface area contributed by atoms with Gasteiger partial charge in [-0.05, 0) is 81.3 Å². The van der Waals surface area contributed by atoms with Gasteiger partial charge in [0.15, 0.2) is 17.5 Å². The predicted octanol–water partition coefficient (Wildman–Crippen LogP) is 14.5. The largest absolute Gasteiger partial charge is 0.455 e. The highest BCUT2D eigenvalue weighted by molar-refractivity contribution is 6.19. The van der Waals surface area contributed by atoms with Crippen molar-refractivity contribution in [2.75, 3.05) is 0 Å². The Bertz CT molecular complexity index is 3800. The molecule has 0 amide bonds. The van der Waals surface area contributed by atoms with Crippen LogP contribution in [0.4, 0.5) is 0 Å². The molecule has 0 aliphatic heterocycles. The van der Waals surface area contributed by atoms with E-state index in [1.807, 2.05) is 66.7 Å². The maximum atomic E-state index is 7.03. The monoisotopic (exact) mass is 816 g/mol. The maximum absolute atomic E-state index is 7.03. The lowest BCUT2D eigenvalue weighted by Crippen LogP contribution is -2.26. The van der Waals surface area contributed by atoms with Crippen molar-refractivity contribution in [3.63, 3.8) is 0 Å². The van der Waals surface area contributed by atoms with E-state index in [0.717, 1.165) is 60.9 Å². The molecule has 298 valence electrons. The van der Waals surface area contributed by atoms with Crippen molar-refractivity contribution in [1.82, 2.24) is 19.5 Å². The van der Waals surface area contributed by atoms with Gasteiger partial charge in [-0.3, -0.25) is 0 Å². The van der Waals surface area contributed by atoms with Gasteiger partial charge in [-0.25, -0.2) is 15.0 Å². The molecular formula is C59H36N4O. The van der Waals surface area contributed by atoms with Gasteiger partial charge in [-0.1, -0.05) is 176 Å². The van der Waals surface area contributed by atoms with Crippen molar-refractivity contribution < 1.29 is 4.42 Å². The van der Waals surface area contributed by atoms with Gasteiger partial charge < -0.3 is 8.98 Å². The zero-order valence-electron chi connectivity index (χ0n) is 34.7. The Morgan fingerprint density at radius 1 is 0.438 bits per heavy atom. The molecule has 0 saturated heterocycles. The van der Waals surface area contributed by atoms with Crippen molar-refractivity contribution in [1.29, 1.82) is 0 Å². The molecule has 9 aromatic carbocycles. The number of hydrogen-bond donors (Lipinski definition) is 0. The quantitative estimate of drug-likeness (QED) is 0.178. The minimum atomic E-state index is -0.503. The van der Waals surface area contributed by atoms with E-state index < -0.39 is 5.41 Å². The van der Waals surface area contributed by atoms with Crippen molar-refractivity contribution in [2.24, 2.45) is 0 Å². The normalized spacial score (nSPS) is 13.2. The highest BCUT2D eigenvalue weighted by Gasteiger charge is 2.52. The van der Waals surface area contributed by atoms with E-state index in [2.05, 4.69) is 145 Å². The Hall–Kier alpha value is -8.41. The first-order valence-electron chi connectivity index (χ1n) is 21.9. The van der Waals surface area contributed by atoms with Crippen molar-refractivity contribution >= 4 is 43.7 Å². The number of nitrogens with zero attached hydrogens (tertiary/aromatic N) is 4. The zero-order chi connectivity index (χ0) is 42.1. The molecule has 0 unspecified atom stereocenters. The predicted molar refractivity (Wildman–Crippen MR) is 259 cm³/mol. The van der Waals surface area contributed by atoms with Crippen LogP contribution in [0.2, 0.25) is 0 Å². The van der Waals surface area contributed by atoms with Gasteiger partial charge in [-0.2, -0.15) is 0 Å². The summed E-state index contributed by atoms with van der Waals surface area (Å²) in [7, 11) is 0. The summed E-state index contributed by atoms with van der Waals surface area (Å²) in [4.78, 5) is 15.5. The standard InChI is InChI=1S/C59H36N4O/c1-35-34-49(53-43-26-12-17-31-50(43)64-55(53)51(35)58-61-56(36-18-4-2-5-19-36)60-57(62-58)37-20-6-3-7-21-37)63-47-30-16-11-25-42(47)52-48(63)33-32-41-40-24-10-15-29-46(40)59(54(41)52)44-27-13-8-22-38(44)39-23-9-14-28-45(39)59/h2-34H,1H3. The van der Waals surface area contributed by atoms with E-state index >= 15 is 0 Å². The molecule has 0 atom stereocenters. The van der Waals surface area contributed by atoms with E-state index in [1.54, 1.807) is 0 Å². The summed E-state index contributed by atoms with van der Waals surface area (Å²) in [5, 5.41) is 4.51. The molecule has 2 aliphatic carbocycles. The van der Waals surface area contributed by atoms with Crippen LogP contribution in [0.5, 0.6) is 0 Å². The minimum absolute atomic E-state index is 0.503. The second-order valence-electron chi connectivity index (χ2n) is 17.0. The van der Waals surface area contributed by atoms with Crippen LogP contribution in [0.1, 0.15) is 27.8 Å². The molecule has 0 saturated carbocycles. The fourth-order valence-corrected chi connectivity index (χ4v) is 11.3. The lowest BCUT2D eigenvalue weighted by atomic mass is 9.69. The first-order chi connectivity index (χ1) is 31.7. The molecular weight excluding hydrogens is 781 g/mol. The van der Waals surface area contributed by atoms with Crippen LogP contribution in [0.15, 0.2) is 205 Å². The van der Waals surface area contributed by atoms with E-state index in [1.165, 1.54) is 55.3 Å². The van der Waals surface area contributed by atoms with Crippen LogP contribution in [-0.2, 0) is 5.41 Å². The fraction of sp³-hybridized carbons (Fsp3) is 0.0339. The van der Waals surface area contributed by atoms with E-state index in [0.29, 0.717) is 17.5 Å². The number of rotatable bonds is 4. The number of para-hydroxylation sites is 2. The van der Waals surface area contributed by atoms with Crippen LogP contribution in [0.3, 0.4) is 0 Å². The Morgan fingerprint density at radius 2 is 0.953 bits per heavy atom. The molecule has 2 aliphatic rings. The second kappa shape index (κ2) is 13.1. The van der Waals surface area contributed by atoms with Crippen LogP contribution >= 0.6 is 0 Å². The molecule has 64 heavy (non-hydrogen) atoms. The Balaban J connectivity index is 1.10. The van der Waals surface area contributed by atoms with Crippen molar-refractivity contribution in [3.05, 3.63) is 228 Å². The molecule has 5 nitrogen and oxygen atoms in total. The summed E-state index contributed by atoms with van der Waals surface area (Å²) >= 11 is 0. The average molecular weight is 817 g/mol. The van der Waals surface area contributed by atoms with Gasteiger partial charge in [0.1, 0.15) is 11.2 Å². The molecule has 3 aromatic heterocycles. The summed E-state index contributed by atoms with van der Waals surface area (Å²) in [6.45, 7) is 2.16. The number of aromatic nitrogens is 4. The van der Waals surface area contributed by atoms with E-state index in [4.69, 9.17) is 19.4 Å². The first-order valence-corrected chi connectivity index (χ1v) is 21.9. The van der Waals surface area contributed by atoms with Crippen molar-refractivity contribution in [3.8, 4) is 62.1 Å². The topological polar surface area (TPSA) is 56.7 Å². The summed E-state index contributed by atoms with van der Waals surface area (Å²) in [5.41, 5.74) is 18.5. The zero-order valence-corrected chi connectivity index (χ0v) is 34.7. The number of aryl methyl sites for hydroxylation is 1. The van der Waals surface area contributed by atoms with E-state index in [9.17, 15) is 0 Å². The second-order valence-corrected chi connectivity index (χ2v) is 17.0. The van der Waals surface area contributed by atoms with Crippen LogP contribution in [-0.4, -0.2) is 19.5 Å². The van der Waals surface area contributed by atoms with E-state index in [-0.39, 0.29) is 0 Å². The van der Waals surface area contributed by atoms with Gasteiger partial charge >= 0.3 is 0 Å². The SMILES string of the molecule is Cc1cc(-n2c3ccccc3c3c4c(ccc32)-c2ccccc2C42c3ccccc3-c3ccccc32)c2c(oc3ccccc32)c1-c1nc(-c2ccccc2)nc(-c2ccccc2)n1. The van der Waals surface area contributed by atoms with Crippen LogP contribution < -0.4 is 0 Å². The molecule has 5 heteroatoms. The van der Waals surface area contributed by atoms with Gasteiger partial charge in [0.2, 0.25) is 0 Å². The average Bonchev–Trinajstić information content (AvgIpc) is 4.08. The summed E-state index contributed by atoms with van der Waals surface area (Å²) in [5.74, 6) is 1.79. The molecule has 0 bridgehead atoms.